The fraction of sp³-hybridized carbons (Fsp3) is 0.167. The van der Waals surface area contributed by atoms with Crippen LogP contribution in [0.5, 0.6) is 0 Å². The van der Waals surface area contributed by atoms with Gasteiger partial charge in [0.2, 0.25) is 5.91 Å². The van der Waals surface area contributed by atoms with E-state index in [1.807, 2.05) is 0 Å². The zero-order chi connectivity index (χ0) is 24.8. The summed E-state index contributed by atoms with van der Waals surface area (Å²) in [6.07, 6.45) is -0.512. The van der Waals surface area contributed by atoms with Gasteiger partial charge in [-0.25, -0.2) is 8.78 Å². The zero-order valence-corrected chi connectivity index (χ0v) is 22.5. The van der Waals surface area contributed by atoms with Gasteiger partial charge in [-0.2, -0.15) is 0 Å². The lowest BCUT2D eigenvalue weighted by molar-refractivity contribution is -0.117. The third kappa shape index (κ3) is 5.19. The second kappa shape index (κ2) is 9.86. The van der Waals surface area contributed by atoms with Gasteiger partial charge in [-0.05, 0) is 54.1 Å². The van der Waals surface area contributed by atoms with Crippen LogP contribution < -0.4 is 5.32 Å². The Labute approximate surface area is 226 Å². The number of carbonyl (C=O) groups is 2. The van der Waals surface area contributed by atoms with Crippen molar-refractivity contribution in [2.45, 2.75) is 15.6 Å². The van der Waals surface area contributed by atoms with Gasteiger partial charge in [-0.15, -0.1) is 0 Å². The van der Waals surface area contributed by atoms with Crippen molar-refractivity contribution in [3.8, 4) is 0 Å². The molecule has 2 atom stereocenters. The normalized spacial score (nSPS) is 18.4. The molecule has 1 aliphatic carbocycles. The SMILES string of the molecule is O=C(Cc1c(F)cccc1F)c1cc(NC(=O)C2C(c3cc(Cl)cc(Cl)c3)C2(Br)Br)ccc1Cl. The smallest absolute Gasteiger partial charge is 0.230 e. The van der Waals surface area contributed by atoms with Crippen LogP contribution in [0.25, 0.3) is 0 Å². The molecule has 0 heterocycles. The fourth-order valence-electron chi connectivity index (χ4n) is 3.82. The Kier molecular flexibility index (Phi) is 7.42. The molecule has 1 amide bonds. The highest BCUT2D eigenvalue weighted by Gasteiger charge is 2.66. The molecule has 1 saturated carbocycles. The largest absolute Gasteiger partial charge is 0.326 e. The van der Waals surface area contributed by atoms with Gasteiger partial charge in [0, 0.05) is 39.2 Å². The van der Waals surface area contributed by atoms with E-state index in [9.17, 15) is 18.4 Å². The number of benzene rings is 3. The van der Waals surface area contributed by atoms with Crippen LogP contribution in [-0.2, 0) is 11.2 Å². The maximum absolute atomic E-state index is 14.0. The molecule has 1 N–H and O–H groups in total. The number of carbonyl (C=O) groups excluding carboxylic acids is 2. The van der Waals surface area contributed by atoms with Crippen LogP contribution in [0.15, 0.2) is 54.6 Å². The second-order valence-corrected chi connectivity index (χ2v) is 12.8. The van der Waals surface area contributed by atoms with E-state index < -0.39 is 33.0 Å². The van der Waals surface area contributed by atoms with Gasteiger partial charge in [0.05, 0.1) is 10.9 Å². The van der Waals surface area contributed by atoms with Crippen LogP contribution in [0.4, 0.5) is 14.5 Å². The Hall–Kier alpha value is -1.51. The molecule has 3 aromatic carbocycles. The number of alkyl halides is 2. The van der Waals surface area contributed by atoms with Gasteiger partial charge >= 0.3 is 0 Å². The zero-order valence-electron chi connectivity index (χ0n) is 17.0. The van der Waals surface area contributed by atoms with Gasteiger partial charge in [0.1, 0.15) is 14.9 Å². The summed E-state index contributed by atoms with van der Waals surface area (Å²) in [5.41, 5.74) is 0.796. The van der Waals surface area contributed by atoms with Crippen LogP contribution in [0.3, 0.4) is 0 Å². The standard InChI is InChI=1S/C24H14Br2Cl3F2NO2/c25-24(26)21(11-6-12(27)8-13(28)7-11)22(24)23(34)32-14-4-5-17(29)15(9-14)20(33)10-16-18(30)2-1-3-19(16)31/h1-9,21-22H,10H2,(H,32,34). The van der Waals surface area contributed by atoms with E-state index in [1.165, 1.54) is 18.2 Å². The van der Waals surface area contributed by atoms with Crippen LogP contribution >= 0.6 is 66.7 Å². The van der Waals surface area contributed by atoms with Gasteiger partial charge in [0.25, 0.3) is 0 Å². The van der Waals surface area contributed by atoms with Crippen molar-refractivity contribution in [1.29, 1.82) is 0 Å². The number of amides is 1. The maximum Gasteiger partial charge on any atom is 0.230 e. The molecule has 176 valence electrons. The van der Waals surface area contributed by atoms with Crippen molar-refractivity contribution in [3.63, 3.8) is 0 Å². The Morgan fingerprint density at radius 2 is 1.56 bits per heavy atom. The summed E-state index contributed by atoms with van der Waals surface area (Å²) < 4.78 is 27.2. The molecule has 1 aliphatic rings. The first-order chi connectivity index (χ1) is 16.0. The number of nitrogens with one attached hydrogen (secondary N) is 1. The molecule has 0 saturated heterocycles. The van der Waals surface area contributed by atoms with E-state index in [1.54, 1.807) is 24.3 Å². The van der Waals surface area contributed by atoms with Gasteiger partial charge in [-0.3, -0.25) is 9.59 Å². The second-order valence-electron chi connectivity index (χ2n) is 7.82. The molecule has 0 aromatic heterocycles. The van der Waals surface area contributed by atoms with Crippen LogP contribution in [0, 0.1) is 17.6 Å². The molecule has 0 aliphatic heterocycles. The van der Waals surface area contributed by atoms with Crippen LogP contribution in [0.2, 0.25) is 15.1 Å². The number of Topliss-reactive ketones (excluding diaryl/α,β-unsaturated/α-hetero) is 1. The van der Waals surface area contributed by atoms with E-state index >= 15 is 0 Å². The molecule has 0 spiro atoms. The number of rotatable bonds is 6. The highest BCUT2D eigenvalue weighted by Crippen LogP contribution is 2.67. The predicted molar refractivity (Wildman–Crippen MR) is 138 cm³/mol. The third-order valence-corrected chi connectivity index (χ3v) is 8.25. The van der Waals surface area contributed by atoms with Crippen molar-refractivity contribution in [1.82, 2.24) is 0 Å². The highest BCUT2D eigenvalue weighted by molar-refractivity contribution is 9.25. The summed E-state index contributed by atoms with van der Waals surface area (Å²) in [6.45, 7) is 0. The van der Waals surface area contributed by atoms with Crippen LogP contribution in [0.1, 0.15) is 27.4 Å². The fourth-order valence-corrected chi connectivity index (χ4v) is 6.32. The predicted octanol–water partition coefficient (Wildman–Crippen LogP) is 8.19. The van der Waals surface area contributed by atoms with Gasteiger partial charge < -0.3 is 5.32 Å². The highest BCUT2D eigenvalue weighted by atomic mass is 79.9. The molecule has 3 aromatic rings. The number of hydrogen-bond donors (Lipinski definition) is 1. The monoisotopic (exact) mass is 649 g/mol. The van der Waals surface area contributed by atoms with Gasteiger partial charge in [-0.1, -0.05) is 72.7 Å². The van der Waals surface area contributed by atoms with Crippen molar-refractivity contribution in [2.24, 2.45) is 5.92 Å². The first kappa shape index (κ1) is 25.6. The maximum atomic E-state index is 14.0. The molecular weight excluding hydrogens is 638 g/mol. The first-order valence-electron chi connectivity index (χ1n) is 9.89. The van der Waals surface area contributed by atoms with E-state index in [0.717, 1.165) is 17.7 Å². The summed E-state index contributed by atoms with van der Waals surface area (Å²) >= 11 is 25.5. The Morgan fingerprint density at radius 3 is 2.18 bits per heavy atom. The lowest BCUT2D eigenvalue weighted by Gasteiger charge is -2.10. The molecule has 10 heteroatoms. The van der Waals surface area contributed by atoms with Crippen molar-refractivity contribution in [2.75, 3.05) is 5.32 Å². The third-order valence-electron chi connectivity index (χ3n) is 5.51. The Bertz CT molecular complexity index is 1280. The lowest BCUT2D eigenvalue weighted by Crippen LogP contribution is -2.17. The quantitative estimate of drug-likeness (QED) is 0.216. The van der Waals surface area contributed by atoms with Gasteiger partial charge in [0.15, 0.2) is 5.78 Å². The average Bonchev–Trinajstić information content (AvgIpc) is 3.33. The molecule has 0 bridgehead atoms. The molecule has 0 radical (unpaired) electrons. The summed E-state index contributed by atoms with van der Waals surface area (Å²) in [5.74, 6) is -3.30. The number of ketones is 1. The van der Waals surface area contributed by atoms with Crippen LogP contribution in [-0.4, -0.2) is 14.9 Å². The molecular formula is C24H14Br2Cl3F2NO2. The lowest BCUT2D eigenvalue weighted by atomic mass is 10.0. The number of halogens is 7. The summed E-state index contributed by atoms with van der Waals surface area (Å²) in [5, 5.41) is 3.79. The summed E-state index contributed by atoms with van der Waals surface area (Å²) in [7, 11) is 0. The molecule has 1 fully saturated rings. The van der Waals surface area contributed by atoms with Crippen molar-refractivity contribution >= 4 is 84.0 Å². The molecule has 4 rings (SSSR count). The van der Waals surface area contributed by atoms with E-state index in [0.29, 0.717) is 15.7 Å². The van der Waals surface area contributed by atoms with E-state index in [2.05, 4.69) is 37.2 Å². The van der Waals surface area contributed by atoms with Crippen molar-refractivity contribution < 1.29 is 18.4 Å². The minimum atomic E-state index is -0.819. The summed E-state index contributed by atoms with van der Waals surface area (Å²) in [6, 6.07) is 12.8. The minimum Gasteiger partial charge on any atom is -0.326 e. The first-order valence-corrected chi connectivity index (χ1v) is 12.6. The van der Waals surface area contributed by atoms with E-state index in [4.69, 9.17) is 34.8 Å². The molecule has 34 heavy (non-hydrogen) atoms. The molecule has 2 unspecified atom stereocenters. The average molecular weight is 653 g/mol. The molecule has 3 nitrogen and oxygen atoms in total. The Morgan fingerprint density at radius 1 is 0.941 bits per heavy atom. The van der Waals surface area contributed by atoms with Crippen molar-refractivity contribution in [3.05, 3.63) is 98.0 Å². The minimum absolute atomic E-state index is 0.0417. The Balaban J connectivity index is 1.53. The summed E-state index contributed by atoms with van der Waals surface area (Å²) in [4.78, 5) is 25.8. The van der Waals surface area contributed by atoms with E-state index in [-0.39, 0.29) is 28.0 Å². The topological polar surface area (TPSA) is 46.2 Å². The number of hydrogen-bond acceptors (Lipinski definition) is 2. The number of anilines is 1.